The van der Waals surface area contributed by atoms with Crippen LogP contribution in [0.4, 0.5) is 5.69 Å². The highest BCUT2D eigenvalue weighted by Crippen LogP contribution is 2.23. The Morgan fingerprint density at radius 1 is 1.27 bits per heavy atom. The molecular weight excluding hydrogens is 316 g/mol. The zero-order chi connectivity index (χ0) is 16.1. The third-order valence-corrected chi connectivity index (χ3v) is 4.92. The summed E-state index contributed by atoms with van der Waals surface area (Å²) in [5.41, 5.74) is 2.10. The Morgan fingerprint density at radius 2 is 1.95 bits per heavy atom. The van der Waals surface area contributed by atoms with E-state index in [1.54, 1.807) is 11.3 Å². The second kappa shape index (κ2) is 7.77. The van der Waals surface area contributed by atoms with E-state index in [4.69, 9.17) is 11.6 Å². The van der Waals surface area contributed by atoms with Crippen LogP contribution >= 0.6 is 22.9 Å². The molecule has 2 rings (SSSR count). The Kier molecular flexibility index (Phi) is 6.00. The second-order valence-corrected chi connectivity index (χ2v) is 7.14. The van der Waals surface area contributed by atoms with E-state index < -0.39 is 0 Å². The minimum atomic E-state index is -0.216. The average Bonchev–Trinajstić information content (AvgIpc) is 2.92. The van der Waals surface area contributed by atoms with E-state index >= 15 is 0 Å². The Balaban J connectivity index is 1.92. The first-order valence-electron chi connectivity index (χ1n) is 7.34. The van der Waals surface area contributed by atoms with Gasteiger partial charge in [-0.25, -0.2) is 0 Å². The number of carbonyl (C=O) groups excluding carboxylic acids is 1. The van der Waals surface area contributed by atoms with Crippen LogP contribution in [0.1, 0.15) is 24.3 Å². The first-order valence-corrected chi connectivity index (χ1v) is 8.53. The summed E-state index contributed by atoms with van der Waals surface area (Å²) in [5.74, 6) is -0.00518. The number of aryl methyl sites for hydroxylation is 1. The Labute approximate surface area is 140 Å². The molecule has 1 N–H and O–H groups in total. The molecule has 0 bridgehead atoms. The van der Waals surface area contributed by atoms with Crippen molar-refractivity contribution in [3.8, 4) is 0 Å². The van der Waals surface area contributed by atoms with Gasteiger partial charge >= 0.3 is 0 Å². The van der Waals surface area contributed by atoms with Crippen LogP contribution in [0, 0.1) is 0 Å². The number of rotatable bonds is 6. The van der Waals surface area contributed by atoms with Gasteiger partial charge in [-0.05, 0) is 50.2 Å². The van der Waals surface area contributed by atoms with Gasteiger partial charge in [0.05, 0.1) is 10.4 Å². The number of carbonyl (C=O) groups is 1. The number of hydrogen-bond acceptors (Lipinski definition) is 3. The van der Waals surface area contributed by atoms with Crippen LogP contribution in [0.25, 0.3) is 0 Å². The number of benzene rings is 1. The van der Waals surface area contributed by atoms with Gasteiger partial charge in [0.25, 0.3) is 0 Å². The molecular formula is C17H21ClN2OS. The molecule has 0 fully saturated rings. The van der Waals surface area contributed by atoms with E-state index in [9.17, 15) is 4.79 Å². The van der Waals surface area contributed by atoms with Crippen molar-refractivity contribution in [2.75, 3.05) is 12.4 Å². The molecule has 22 heavy (non-hydrogen) atoms. The molecule has 5 heteroatoms. The van der Waals surface area contributed by atoms with Crippen LogP contribution in [0.5, 0.6) is 0 Å². The van der Waals surface area contributed by atoms with Gasteiger partial charge in [0, 0.05) is 17.1 Å². The molecule has 0 saturated carbocycles. The van der Waals surface area contributed by atoms with Crippen molar-refractivity contribution in [3.63, 3.8) is 0 Å². The van der Waals surface area contributed by atoms with Gasteiger partial charge in [-0.3, -0.25) is 9.69 Å². The predicted octanol–water partition coefficient (Wildman–Crippen LogP) is 4.42. The Bertz CT molecular complexity index is 624. The fourth-order valence-electron chi connectivity index (χ4n) is 2.09. The zero-order valence-corrected chi connectivity index (χ0v) is 14.7. The zero-order valence-electron chi connectivity index (χ0n) is 13.1. The minimum absolute atomic E-state index is 0.00518. The summed E-state index contributed by atoms with van der Waals surface area (Å²) in [7, 11) is 1.94. The maximum atomic E-state index is 12.3. The first kappa shape index (κ1) is 17.0. The number of halogens is 1. The number of anilines is 1. The molecule has 3 nitrogen and oxygen atoms in total. The maximum Gasteiger partial charge on any atom is 0.241 e. The highest BCUT2D eigenvalue weighted by molar-refractivity contribution is 7.16. The van der Waals surface area contributed by atoms with E-state index in [2.05, 4.69) is 12.2 Å². The third-order valence-electron chi connectivity index (χ3n) is 3.70. The molecule has 0 unspecified atom stereocenters. The summed E-state index contributed by atoms with van der Waals surface area (Å²) in [6, 6.07) is 11.6. The quantitative estimate of drug-likeness (QED) is 0.846. The molecule has 1 aromatic heterocycles. The SMILES string of the molecule is CCc1ccc(NC(=O)[C@@H](C)N(C)Cc2ccc(Cl)s2)cc1. The number of hydrogen-bond donors (Lipinski definition) is 1. The van der Waals surface area contributed by atoms with Crippen molar-refractivity contribution in [1.29, 1.82) is 0 Å². The Hall–Kier alpha value is -1.36. The fourth-order valence-corrected chi connectivity index (χ4v) is 3.24. The van der Waals surface area contributed by atoms with Gasteiger partial charge in [0.1, 0.15) is 0 Å². The van der Waals surface area contributed by atoms with Gasteiger partial charge in [0.2, 0.25) is 5.91 Å². The summed E-state index contributed by atoms with van der Waals surface area (Å²) >= 11 is 7.48. The van der Waals surface area contributed by atoms with Crippen LogP contribution in [0.3, 0.4) is 0 Å². The molecule has 0 aliphatic carbocycles. The van der Waals surface area contributed by atoms with E-state index in [0.29, 0.717) is 6.54 Å². The molecule has 0 radical (unpaired) electrons. The summed E-state index contributed by atoms with van der Waals surface area (Å²) < 4.78 is 0.775. The van der Waals surface area contributed by atoms with Crippen molar-refractivity contribution < 1.29 is 4.79 Å². The number of nitrogens with zero attached hydrogens (tertiary/aromatic N) is 1. The van der Waals surface area contributed by atoms with Crippen LogP contribution in [-0.4, -0.2) is 23.9 Å². The van der Waals surface area contributed by atoms with E-state index in [-0.39, 0.29) is 11.9 Å². The summed E-state index contributed by atoms with van der Waals surface area (Å²) in [6.07, 6.45) is 0.997. The highest BCUT2D eigenvalue weighted by Gasteiger charge is 2.18. The van der Waals surface area contributed by atoms with Gasteiger partial charge in [0.15, 0.2) is 0 Å². The lowest BCUT2D eigenvalue weighted by molar-refractivity contribution is -0.120. The first-order chi connectivity index (χ1) is 10.5. The van der Waals surface area contributed by atoms with Crippen LogP contribution < -0.4 is 5.32 Å². The number of nitrogens with one attached hydrogen (secondary N) is 1. The standard InChI is InChI=1S/C17H21ClN2OS/c1-4-13-5-7-14(8-6-13)19-17(21)12(2)20(3)11-15-9-10-16(18)22-15/h5-10,12H,4,11H2,1-3H3,(H,19,21)/t12-/m1/s1. The normalized spacial score (nSPS) is 12.4. The predicted molar refractivity (Wildman–Crippen MR) is 94.7 cm³/mol. The molecule has 1 heterocycles. The van der Waals surface area contributed by atoms with Crippen LogP contribution in [0.2, 0.25) is 4.34 Å². The van der Waals surface area contributed by atoms with Crippen molar-refractivity contribution in [3.05, 3.63) is 51.2 Å². The lowest BCUT2D eigenvalue weighted by Crippen LogP contribution is -2.39. The summed E-state index contributed by atoms with van der Waals surface area (Å²) in [6.45, 7) is 4.73. The van der Waals surface area contributed by atoms with Crippen molar-refractivity contribution in [2.24, 2.45) is 0 Å². The summed E-state index contributed by atoms with van der Waals surface area (Å²) in [5, 5.41) is 2.96. The molecule has 2 aromatic rings. The molecule has 0 spiro atoms. The van der Waals surface area contributed by atoms with E-state index in [1.165, 1.54) is 5.56 Å². The highest BCUT2D eigenvalue weighted by atomic mass is 35.5. The number of amides is 1. The van der Waals surface area contributed by atoms with Gasteiger partial charge in [-0.2, -0.15) is 0 Å². The van der Waals surface area contributed by atoms with E-state index in [0.717, 1.165) is 21.3 Å². The maximum absolute atomic E-state index is 12.3. The van der Waals surface area contributed by atoms with Gasteiger partial charge in [-0.1, -0.05) is 30.7 Å². The van der Waals surface area contributed by atoms with Crippen LogP contribution in [-0.2, 0) is 17.8 Å². The summed E-state index contributed by atoms with van der Waals surface area (Å²) in [4.78, 5) is 15.5. The largest absolute Gasteiger partial charge is 0.325 e. The second-order valence-electron chi connectivity index (χ2n) is 5.34. The molecule has 1 amide bonds. The lowest BCUT2D eigenvalue weighted by atomic mass is 10.1. The molecule has 1 aromatic carbocycles. The number of thiophene rings is 1. The minimum Gasteiger partial charge on any atom is -0.325 e. The monoisotopic (exact) mass is 336 g/mol. The smallest absolute Gasteiger partial charge is 0.241 e. The molecule has 118 valence electrons. The van der Waals surface area contributed by atoms with Gasteiger partial charge in [-0.15, -0.1) is 11.3 Å². The topological polar surface area (TPSA) is 32.3 Å². The van der Waals surface area contributed by atoms with E-state index in [1.807, 2.05) is 55.3 Å². The molecule has 0 aliphatic heterocycles. The average molecular weight is 337 g/mol. The lowest BCUT2D eigenvalue weighted by Gasteiger charge is -2.23. The van der Waals surface area contributed by atoms with Crippen molar-refractivity contribution in [1.82, 2.24) is 4.90 Å². The Morgan fingerprint density at radius 3 is 2.50 bits per heavy atom. The van der Waals surface area contributed by atoms with Crippen LogP contribution in [0.15, 0.2) is 36.4 Å². The fraction of sp³-hybridized carbons (Fsp3) is 0.353. The molecule has 1 atom stereocenters. The van der Waals surface area contributed by atoms with Crippen molar-refractivity contribution in [2.45, 2.75) is 32.9 Å². The molecule has 0 aliphatic rings. The molecule has 0 saturated heterocycles. The number of likely N-dealkylation sites (N-methyl/N-ethyl adjacent to an activating group) is 1. The van der Waals surface area contributed by atoms with Crippen molar-refractivity contribution >= 4 is 34.5 Å². The van der Waals surface area contributed by atoms with Gasteiger partial charge < -0.3 is 5.32 Å². The third kappa shape index (κ3) is 4.57.